The quantitative estimate of drug-likeness (QED) is 0.761. The van der Waals surface area contributed by atoms with Gasteiger partial charge in [0.1, 0.15) is 11.4 Å². The highest BCUT2D eigenvalue weighted by molar-refractivity contribution is 5.83. The summed E-state index contributed by atoms with van der Waals surface area (Å²) in [7, 11) is 0. The first-order valence-corrected chi connectivity index (χ1v) is 5.73. The molecule has 1 rings (SSSR count). The van der Waals surface area contributed by atoms with Crippen LogP contribution in [0.2, 0.25) is 0 Å². The normalized spacial score (nSPS) is 16.8. The van der Waals surface area contributed by atoms with Crippen molar-refractivity contribution in [3.05, 3.63) is 0 Å². The van der Waals surface area contributed by atoms with Crippen molar-refractivity contribution in [1.29, 1.82) is 0 Å². The Morgan fingerprint density at radius 1 is 1.41 bits per heavy atom. The van der Waals surface area contributed by atoms with Gasteiger partial charge in [0.2, 0.25) is 0 Å². The van der Waals surface area contributed by atoms with Gasteiger partial charge in [0.05, 0.1) is 12.0 Å². The van der Waals surface area contributed by atoms with Gasteiger partial charge in [-0.2, -0.15) is 0 Å². The second-order valence-electron chi connectivity index (χ2n) is 5.50. The lowest BCUT2D eigenvalue weighted by atomic mass is 10.1. The molecule has 0 atom stereocenters. The van der Waals surface area contributed by atoms with Crippen molar-refractivity contribution < 1.29 is 14.3 Å². The fourth-order valence-electron chi connectivity index (χ4n) is 1.57. The van der Waals surface area contributed by atoms with Crippen molar-refractivity contribution in [2.24, 2.45) is 0 Å². The van der Waals surface area contributed by atoms with E-state index in [2.05, 4.69) is 11.2 Å². The number of rotatable bonds is 4. The van der Waals surface area contributed by atoms with E-state index in [1.54, 1.807) is 20.8 Å². The zero-order valence-corrected chi connectivity index (χ0v) is 10.6. The Labute approximate surface area is 102 Å². The monoisotopic (exact) mass is 237 g/mol. The molecule has 4 nitrogen and oxygen atoms in total. The third kappa shape index (κ3) is 4.90. The molecular formula is C13H19NO3. The number of Topliss-reactive ketones (excluding diaryl/α,β-unsaturated/α-hetero) is 1. The van der Waals surface area contributed by atoms with Gasteiger partial charge in [-0.15, -0.1) is 6.42 Å². The van der Waals surface area contributed by atoms with E-state index in [1.807, 2.05) is 0 Å². The molecular weight excluding hydrogens is 218 g/mol. The number of nitrogens with one attached hydrogen (secondary N) is 1. The second-order valence-corrected chi connectivity index (χ2v) is 5.50. The van der Waals surface area contributed by atoms with Crippen LogP contribution in [-0.4, -0.2) is 23.0 Å². The number of carbonyl (C=O) groups excluding carboxylic acids is 2. The molecule has 0 spiro atoms. The van der Waals surface area contributed by atoms with Crippen LogP contribution >= 0.6 is 0 Å². The van der Waals surface area contributed by atoms with E-state index in [1.165, 1.54) is 0 Å². The first-order chi connectivity index (χ1) is 7.76. The molecule has 1 aliphatic carbocycles. The van der Waals surface area contributed by atoms with E-state index in [-0.39, 0.29) is 12.2 Å². The first kappa shape index (κ1) is 13.6. The SMILES string of the molecule is C#CCC(=O)CC1(NC(=O)OC(C)(C)C)CC1. The lowest BCUT2D eigenvalue weighted by Crippen LogP contribution is -2.41. The lowest BCUT2D eigenvalue weighted by Gasteiger charge is -2.23. The number of hydrogen-bond donors (Lipinski definition) is 1. The number of terminal acetylenes is 1. The average molecular weight is 237 g/mol. The van der Waals surface area contributed by atoms with Gasteiger partial charge in [-0.1, -0.05) is 5.92 Å². The van der Waals surface area contributed by atoms with E-state index >= 15 is 0 Å². The van der Waals surface area contributed by atoms with Crippen molar-refractivity contribution in [2.75, 3.05) is 0 Å². The van der Waals surface area contributed by atoms with E-state index in [9.17, 15) is 9.59 Å². The van der Waals surface area contributed by atoms with Crippen molar-refractivity contribution in [1.82, 2.24) is 5.32 Å². The van der Waals surface area contributed by atoms with E-state index in [0.717, 1.165) is 12.8 Å². The van der Waals surface area contributed by atoms with Gasteiger partial charge < -0.3 is 10.1 Å². The van der Waals surface area contributed by atoms with Gasteiger partial charge in [-0.05, 0) is 33.6 Å². The van der Waals surface area contributed by atoms with Gasteiger partial charge in [0.25, 0.3) is 0 Å². The molecule has 1 N–H and O–H groups in total. The number of carbonyl (C=O) groups is 2. The van der Waals surface area contributed by atoms with Crippen LogP contribution in [-0.2, 0) is 9.53 Å². The predicted molar refractivity (Wildman–Crippen MR) is 64.4 cm³/mol. The first-order valence-electron chi connectivity index (χ1n) is 5.73. The molecule has 0 heterocycles. The topological polar surface area (TPSA) is 55.4 Å². The van der Waals surface area contributed by atoms with Crippen LogP contribution < -0.4 is 5.32 Å². The van der Waals surface area contributed by atoms with E-state index in [0.29, 0.717) is 6.42 Å². The molecule has 1 fully saturated rings. The summed E-state index contributed by atoms with van der Waals surface area (Å²) in [6.07, 6.45) is 6.64. The van der Waals surface area contributed by atoms with Crippen LogP contribution in [0.3, 0.4) is 0 Å². The van der Waals surface area contributed by atoms with E-state index in [4.69, 9.17) is 11.2 Å². The molecule has 0 radical (unpaired) electrons. The fourth-order valence-corrected chi connectivity index (χ4v) is 1.57. The summed E-state index contributed by atoms with van der Waals surface area (Å²) in [4.78, 5) is 23.0. The Bertz CT molecular complexity index is 356. The molecule has 94 valence electrons. The Kier molecular flexibility index (Phi) is 3.82. The molecule has 0 unspecified atom stereocenters. The molecule has 1 saturated carbocycles. The van der Waals surface area contributed by atoms with Gasteiger partial charge in [-0.3, -0.25) is 4.79 Å². The maximum absolute atomic E-state index is 11.6. The third-order valence-corrected chi connectivity index (χ3v) is 2.45. The summed E-state index contributed by atoms with van der Waals surface area (Å²) in [5, 5.41) is 2.76. The van der Waals surface area contributed by atoms with Crippen molar-refractivity contribution in [3.63, 3.8) is 0 Å². The molecule has 0 bridgehead atoms. The van der Waals surface area contributed by atoms with Crippen LogP contribution in [0.25, 0.3) is 0 Å². The molecule has 0 aromatic carbocycles. The van der Waals surface area contributed by atoms with Crippen LogP contribution in [0, 0.1) is 12.3 Å². The highest BCUT2D eigenvalue weighted by Gasteiger charge is 2.46. The van der Waals surface area contributed by atoms with Crippen LogP contribution in [0.15, 0.2) is 0 Å². The summed E-state index contributed by atoms with van der Waals surface area (Å²) in [6, 6.07) is 0. The summed E-state index contributed by atoms with van der Waals surface area (Å²) >= 11 is 0. The van der Waals surface area contributed by atoms with Crippen molar-refractivity contribution in [3.8, 4) is 12.3 Å². The molecule has 0 saturated heterocycles. The molecule has 4 heteroatoms. The highest BCUT2D eigenvalue weighted by Crippen LogP contribution is 2.39. The van der Waals surface area contributed by atoms with Gasteiger partial charge in [0, 0.05) is 6.42 Å². The Morgan fingerprint density at radius 2 is 2.00 bits per heavy atom. The Hall–Kier alpha value is -1.50. The molecule has 17 heavy (non-hydrogen) atoms. The van der Waals surface area contributed by atoms with Gasteiger partial charge in [0.15, 0.2) is 0 Å². The minimum absolute atomic E-state index is 0.0129. The standard InChI is InChI=1S/C13H19NO3/c1-5-6-10(15)9-13(7-8-13)14-11(16)17-12(2,3)4/h1H,6-9H2,2-4H3,(H,14,16). The number of amides is 1. The van der Waals surface area contributed by atoms with Crippen LogP contribution in [0.1, 0.15) is 46.5 Å². The number of ketones is 1. The predicted octanol–water partition coefficient (Wildman–Crippen LogP) is 2.03. The second kappa shape index (κ2) is 4.79. The zero-order chi connectivity index (χ0) is 13.1. The molecule has 1 amide bonds. The molecule has 0 aliphatic heterocycles. The molecule has 0 aromatic heterocycles. The summed E-state index contributed by atoms with van der Waals surface area (Å²) in [5.41, 5.74) is -0.931. The third-order valence-electron chi connectivity index (χ3n) is 2.45. The lowest BCUT2D eigenvalue weighted by molar-refractivity contribution is -0.118. The summed E-state index contributed by atoms with van der Waals surface area (Å²) in [5.74, 6) is 2.30. The Morgan fingerprint density at radius 3 is 2.41 bits per heavy atom. The van der Waals surface area contributed by atoms with Crippen LogP contribution in [0.4, 0.5) is 4.79 Å². The summed E-state index contributed by atoms with van der Waals surface area (Å²) < 4.78 is 5.15. The average Bonchev–Trinajstić information content (AvgIpc) is 2.80. The minimum atomic E-state index is -0.525. The fraction of sp³-hybridized carbons (Fsp3) is 0.692. The van der Waals surface area contributed by atoms with Gasteiger partial charge in [-0.25, -0.2) is 4.79 Å². The highest BCUT2D eigenvalue weighted by atomic mass is 16.6. The maximum Gasteiger partial charge on any atom is 0.408 e. The maximum atomic E-state index is 11.6. The minimum Gasteiger partial charge on any atom is -0.444 e. The molecule has 1 aliphatic rings. The molecule has 0 aromatic rings. The van der Waals surface area contributed by atoms with Crippen molar-refractivity contribution >= 4 is 11.9 Å². The number of alkyl carbamates (subject to hydrolysis) is 1. The largest absolute Gasteiger partial charge is 0.444 e. The summed E-state index contributed by atoms with van der Waals surface area (Å²) in [6.45, 7) is 5.40. The zero-order valence-electron chi connectivity index (χ0n) is 10.6. The van der Waals surface area contributed by atoms with Crippen LogP contribution in [0.5, 0.6) is 0 Å². The smallest absolute Gasteiger partial charge is 0.408 e. The van der Waals surface area contributed by atoms with Crippen molar-refractivity contribution in [2.45, 2.75) is 57.6 Å². The van der Waals surface area contributed by atoms with E-state index < -0.39 is 17.2 Å². The Balaban J connectivity index is 2.43. The van der Waals surface area contributed by atoms with Gasteiger partial charge >= 0.3 is 6.09 Å². The number of ether oxygens (including phenoxy) is 1. The number of hydrogen-bond acceptors (Lipinski definition) is 3.